The van der Waals surface area contributed by atoms with Crippen LogP contribution in [-0.2, 0) is 6.61 Å². The Morgan fingerprint density at radius 3 is 2.59 bits per heavy atom. The van der Waals surface area contributed by atoms with E-state index in [0.29, 0.717) is 21.4 Å². The lowest BCUT2D eigenvalue weighted by molar-refractivity contribution is 0.0935. The number of nitrogens with one attached hydrogen (secondary N) is 1. The number of para-hydroxylation sites is 1. The van der Waals surface area contributed by atoms with Gasteiger partial charge in [-0.05, 0) is 48.9 Å². The molecule has 0 saturated carbocycles. The summed E-state index contributed by atoms with van der Waals surface area (Å²) in [5, 5.41) is 4.07. The first kappa shape index (κ1) is 19.2. The maximum Gasteiger partial charge on any atom is 0.255 e. The normalized spacial score (nSPS) is 11.7. The lowest BCUT2D eigenvalue weighted by Gasteiger charge is -2.16. The van der Waals surface area contributed by atoms with E-state index in [-0.39, 0.29) is 18.6 Å². The van der Waals surface area contributed by atoms with Crippen LogP contribution in [0.5, 0.6) is 5.75 Å². The minimum atomic E-state index is -0.211. The zero-order valence-electron chi connectivity index (χ0n) is 14.7. The van der Waals surface area contributed by atoms with E-state index < -0.39 is 0 Å². The Hall–Kier alpha value is -2.56. The summed E-state index contributed by atoms with van der Waals surface area (Å²) in [6, 6.07) is 15.9. The van der Waals surface area contributed by atoms with Crippen LogP contribution in [0.1, 0.15) is 34.5 Å². The fraction of sp³-hybridized carbons (Fsp3) is 0.143. The Bertz CT molecular complexity index is 932. The zero-order valence-corrected chi connectivity index (χ0v) is 16.2. The van der Waals surface area contributed by atoms with E-state index in [1.165, 1.54) is 0 Å². The van der Waals surface area contributed by atoms with E-state index in [1.807, 2.05) is 25.1 Å². The van der Waals surface area contributed by atoms with Crippen molar-refractivity contribution in [1.82, 2.24) is 10.3 Å². The predicted molar refractivity (Wildman–Crippen MR) is 107 cm³/mol. The standard InChI is InChI=1S/C21H18Cl2N2O2/c1-14(15-8-10-24-11-9-15)25-21(26)18-4-2-3-5-20(18)27-13-16-6-7-17(22)12-19(16)23/h2-12,14H,13H2,1H3,(H,25,26). The molecule has 0 spiro atoms. The van der Waals surface area contributed by atoms with Crippen LogP contribution in [0.4, 0.5) is 0 Å². The van der Waals surface area contributed by atoms with Crippen molar-refractivity contribution in [3.8, 4) is 5.75 Å². The van der Waals surface area contributed by atoms with Gasteiger partial charge in [0.1, 0.15) is 12.4 Å². The van der Waals surface area contributed by atoms with Gasteiger partial charge >= 0.3 is 0 Å². The first-order valence-corrected chi connectivity index (χ1v) is 9.16. The third-order valence-corrected chi connectivity index (χ3v) is 4.67. The van der Waals surface area contributed by atoms with Crippen LogP contribution >= 0.6 is 23.2 Å². The van der Waals surface area contributed by atoms with E-state index in [4.69, 9.17) is 27.9 Å². The summed E-state index contributed by atoms with van der Waals surface area (Å²) < 4.78 is 5.85. The monoisotopic (exact) mass is 400 g/mol. The van der Waals surface area contributed by atoms with Crippen LogP contribution in [0.15, 0.2) is 67.0 Å². The third kappa shape index (κ3) is 5.00. The second-order valence-corrected chi connectivity index (χ2v) is 6.84. The van der Waals surface area contributed by atoms with Gasteiger partial charge in [0.15, 0.2) is 0 Å². The second kappa shape index (κ2) is 8.89. The summed E-state index contributed by atoms with van der Waals surface area (Å²) in [4.78, 5) is 16.7. The predicted octanol–water partition coefficient (Wildman–Crippen LogP) is 5.46. The molecule has 0 fully saturated rings. The lowest BCUT2D eigenvalue weighted by atomic mass is 10.1. The highest BCUT2D eigenvalue weighted by molar-refractivity contribution is 6.35. The molecule has 0 aliphatic rings. The van der Waals surface area contributed by atoms with Crippen molar-refractivity contribution < 1.29 is 9.53 Å². The third-order valence-electron chi connectivity index (χ3n) is 4.08. The molecule has 27 heavy (non-hydrogen) atoms. The number of nitrogens with zero attached hydrogens (tertiary/aromatic N) is 1. The van der Waals surface area contributed by atoms with Crippen molar-refractivity contribution >= 4 is 29.1 Å². The lowest BCUT2D eigenvalue weighted by Crippen LogP contribution is -2.27. The van der Waals surface area contributed by atoms with Gasteiger partial charge in [0.25, 0.3) is 5.91 Å². The summed E-state index contributed by atoms with van der Waals surface area (Å²) in [5.74, 6) is 0.278. The molecule has 3 aromatic rings. The number of pyridine rings is 1. The summed E-state index contributed by atoms with van der Waals surface area (Å²) in [7, 11) is 0. The van der Waals surface area contributed by atoms with Gasteiger partial charge in [-0.2, -0.15) is 0 Å². The molecule has 0 radical (unpaired) electrons. The Balaban J connectivity index is 1.72. The van der Waals surface area contributed by atoms with E-state index >= 15 is 0 Å². The van der Waals surface area contributed by atoms with Crippen molar-refractivity contribution in [3.05, 3.63) is 93.7 Å². The van der Waals surface area contributed by atoms with E-state index in [9.17, 15) is 4.79 Å². The number of ether oxygens (including phenoxy) is 1. The number of hydrogen-bond donors (Lipinski definition) is 1. The molecule has 0 saturated heterocycles. The average Bonchev–Trinajstić information content (AvgIpc) is 2.68. The molecule has 4 nitrogen and oxygen atoms in total. The number of carbonyl (C=O) groups is 1. The van der Waals surface area contributed by atoms with Gasteiger partial charge in [-0.25, -0.2) is 0 Å². The van der Waals surface area contributed by atoms with Crippen molar-refractivity contribution in [2.24, 2.45) is 0 Å². The maximum atomic E-state index is 12.7. The molecule has 1 heterocycles. The van der Waals surface area contributed by atoms with Gasteiger partial charge in [0, 0.05) is 28.0 Å². The molecular weight excluding hydrogens is 383 g/mol. The molecule has 0 bridgehead atoms. The number of rotatable bonds is 6. The smallest absolute Gasteiger partial charge is 0.255 e. The first-order chi connectivity index (χ1) is 13.0. The molecule has 1 N–H and O–H groups in total. The number of hydrogen-bond acceptors (Lipinski definition) is 3. The van der Waals surface area contributed by atoms with Crippen LogP contribution < -0.4 is 10.1 Å². The summed E-state index contributed by atoms with van der Waals surface area (Å²) in [6.07, 6.45) is 3.40. The topological polar surface area (TPSA) is 51.2 Å². The van der Waals surface area contributed by atoms with Gasteiger partial charge in [-0.1, -0.05) is 41.4 Å². The van der Waals surface area contributed by atoms with Gasteiger partial charge in [0.2, 0.25) is 0 Å². The van der Waals surface area contributed by atoms with Crippen molar-refractivity contribution in [2.75, 3.05) is 0 Å². The Morgan fingerprint density at radius 2 is 1.85 bits per heavy atom. The molecule has 3 rings (SSSR count). The molecule has 6 heteroatoms. The minimum Gasteiger partial charge on any atom is -0.488 e. The largest absolute Gasteiger partial charge is 0.488 e. The second-order valence-electron chi connectivity index (χ2n) is 6.00. The first-order valence-electron chi connectivity index (χ1n) is 8.41. The number of carbonyl (C=O) groups excluding carboxylic acids is 1. The van der Waals surface area contributed by atoms with E-state index in [1.54, 1.807) is 48.8 Å². The molecular formula is C21H18Cl2N2O2. The number of benzene rings is 2. The van der Waals surface area contributed by atoms with Crippen molar-refractivity contribution in [3.63, 3.8) is 0 Å². The fourth-order valence-electron chi connectivity index (χ4n) is 2.58. The van der Waals surface area contributed by atoms with Crippen molar-refractivity contribution in [2.45, 2.75) is 19.6 Å². The van der Waals surface area contributed by atoms with Crippen LogP contribution in [0, 0.1) is 0 Å². The highest BCUT2D eigenvalue weighted by Gasteiger charge is 2.16. The Kier molecular flexibility index (Phi) is 6.32. The summed E-state index contributed by atoms with van der Waals surface area (Å²) in [5.41, 5.74) is 2.23. The molecule has 0 aliphatic heterocycles. The van der Waals surface area contributed by atoms with E-state index in [0.717, 1.165) is 11.1 Å². The molecule has 1 aromatic heterocycles. The average molecular weight is 401 g/mol. The van der Waals surface area contributed by atoms with Gasteiger partial charge in [-0.3, -0.25) is 9.78 Å². The van der Waals surface area contributed by atoms with Crippen LogP contribution in [0.2, 0.25) is 10.0 Å². The Labute approximate surface area is 168 Å². The summed E-state index contributed by atoms with van der Waals surface area (Å²) in [6.45, 7) is 2.16. The maximum absolute atomic E-state index is 12.7. The molecule has 1 atom stereocenters. The molecule has 138 valence electrons. The van der Waals surface area contributed by atoms with Gasteiger partial charge in [0.05, 0.1) is 11.6 Å². The number of amides is 1. The summed E-state index contributed by atoms with van der Waals surface area (Å²) >= 11 is 12.1. The highest BCUT2D eigenvalue weighted by Crippen LogP contribution is 2.25. The van der Waals surface area contributed by atoms with Gasteiger partial charge in [-0.15, -0.1) is 0 Å². The molecule has 2 aromatic carbocycles. The van der Waals surface area contributed by atoms with Crippen LogP contribution in [0.3, 0.4) is 0 Å². The van der Waals surface area contributed by atoms with Crippen LogP contribution in [-0.4, -0.2) is 10.9 Å². The molecule has 1 unspecified atom stereocenters. The molecule has 1 amide bonds. The van der Waals surface area contributed by atoms with E-state index in [2.05, 4.69) is 10.3 Å². The van der Waals surface area contributed by atoms with Crippen LogP contribution in [0.25, 0.3) is 0 Å². The molecule has 0 aliphatic carbocycles. The van der Waals surface area contributed by atoms with Crippen molar-refractivity contribution in [1.29, 1.82) is 0 Å². The fourth-order valence-corrected chi connectivity index (χ4v) is 3.05. The zero-order chi connectivity index (χ0) is 19.2. The van der Waals surface area contributed by atoms with Gasteiger partial charge < -0.3 is 10.1 Å². The quantitative estimate of drug-likeness (QED) is 0.597. The highest BCUT2D eigenvalue weighted by atomic mass is 35.5. The SMILES string of the molecule is CC(NC(=O)c1ccccc1OCc1ccc(Cl)cc1Cl)c1ccncc1. The number of halogens is 2. The Morgan fingerprint density at radius 1 is 1.11 bits per heavy atom. The minimum absolute atomic E-state index is 0.153. The number of aromatic nitrogens is 1.